The third kappa shape index (κ3) is 45.8. The Morgan fingerprint density at radius 2 is 0.487 bits per heavy atom. The lowest BCUT2D eigenvalue weighted by atomic mass is 9.79. The molecule has 0 aliphatic heterocycles. The van der Waals surface area contributed by atoms with Crippen LogP contribution in [0.4, 0.5) is 0 Å². The van der Waals surface area contributed by atoms with Crippen LogP contribution in [-0.2, 0) is 166 Å². The van der Waals surface area contributed by atoms with Crippen molar-refractivity contribution in [1.82, 2.24) is 41.2 Å². The molecule has 4 unspecified atom stereocenters. The number of fused-ring (bicyclic) bond motifs is 7. The lowest BCUT2D eigenvalue weighted by molar-refractivity contribution is -0.143. The number of carboxylic acids is 4. The van der Waals surface area contributed by atoms with Crippen molar-refractivity contribution in [2.75, 3.05) is 26.4 Å². The minimum absolute atomic E-state index is 0.221. The molecule has 150 heavy (non-hydrogen) atoms. The van der Waals surface area contributed by atoms with E-state index in [1.807, 2.05) is 91.8 Å². The molecule has 4 aromatic carbocycles. The van der Waals surface area contributed by atoms with E-state index in [0.29, 0.717) is 75.8 Å². The number of benzene rings is 4. The van der Waals surface area contributed by atoms with Crippen LogP contribution in [-0.4, -0.2) is 163 Å². The standard InChI is InChI=1S/4C21H30N2O4.C10H12.C9H10.C9H8.C6H6.4C2H6/c4*1-14(24)22-20(21(25)26)10-11-27-18-12-15(13-18)6-8-17-9-7-16-4-2-3-5-19(16)23-17;1-2-6-10-8-4-3-7-9(10)5-1;2*1-2-5-9-7-3-6-8(9)4-1;1-2-4-6-5-3-1;4*1-2/h4*7,9,15,18,20H,2-6,8,10-13H2,1H3,(H,22,24)(H,25,26);1-2,5-6H,3-4,7-8H2;1-2,4-5H,3,6-7H2;1-6H,7H2;1-6H;4*1-2H3. The first-order valence-electron chi connectivity index (χ1n) is 57.2. The molecule has 0 saturated heterocycles. The van der Waals surface area contributed by atoms with Gasteiger partial charge in [-0.25, -0.2) is 19.2 Å². The summed E-state index contributed by atoms with van der Waals surface area (Å²) in [7, 11) is 0. The largest absolute Gasteiger partial charge is 0.480 e. The number of aromatic nitrogens is 4. The first-order chi connectivity index (χ1) is 72.9. The monoisotopic (exact) mass is 2060 g/mol. The Morgan fingerprint density at radius 3 is 0.713 bits per heavy atom. The van der Waals surface area contributed by atoms with Gasteiger partial charge in [-0.1, -0.05) is 201 Å². The molecule has 24 heteroatoms. The molecule has 4 aromatic heterocycles. The van der Waals surface area contributed by atoms with E-state index in [2.05, 4.69) is 155 Å². The molecule has 0 bridgehead atoms. The SMILES string of the molecule is C1=Cc2ccccc2C1.CC.CC.CC.CC.CC(=O)NC(CCOC1CC(CCc2ccc3c(n2)CCCC3)C1)C(=O)O.CC(=O)NC(CCOC1CC(CCc2ccc3c(n2)CCCC3)C1)C(=O)O.CC(=O)NC(CCOC1CC(CCc2ccc3c(n2)CCCC3)C1)C(=O)O.CC(=O)NC(CCOC1CC(CCc2ccc3c(n2)CCCC3)C1)C(=O)O.c1ccc2c(c1)CCC2.c1ccc2c(c1)CCCC2.c1ccccc1. The second-order valence-corrected chi connectivity index (χ2v) is 40.5. The summed E-state index contributed by atoms with van der Waals surface area (Å²) in [6.45, 7) is 22.7. The molecular weight excluding hydrogens is 1880 g/mol. The minimum atomic E-state index is -1.02. The maximum absolute atomic E-state index is 11.1. The molecular formula is C126H180N8O16. The number of hydrogen-bond donors (Lipinski definition) is 8. The maximum Gasteiger partial charge on any atom is 0.326 e. The van der Waals surface area contributed by atoms with Gasteiger partial charge in [0.25, 0.3) is 0 Å². The number of carboxylic acid groups (broad SMARTS) is 4. The number of carbonyl (C=O) groups excluding carboxylic acids is 4. The van der Waals surface area contributed by atoms with Gasteiger partial charge < -0.3 is 60.6 Å². The molecule has 11 aliphatic rings. The summed E-state index contributed by atoms with van der Waals surface area (Å²) < 4.78 is 23.1. The summed E-state index contributed by atoms with van der Waals surface area (Å²) in [5.74, 6) is -2.73. The van der Waals surface area contributed by atoms with E-state index in [1.165, 1.54) is 229 Å². The van der Waals surface area contributed by atoms with Gasteiger partial charge in [0.1, 0.15) is 24.2 Å². The second kappa shape index (κ2) is 70.9. The number of ether oxygens (including phenoxy) is 4. The Hall–Kier alpha value is -11.2. The number of allylic oxidation sites excluding steroid dienone is 1. The summed E-state index contributed by atoms with van der Waals surface area (Å²) in [5, 5.41) is 46.0. The third-order valence-electron chi connectivity index (χ3n) is 29.3. The van der Waals surface area contributed by atoms with Crippen LogP contribution < -0.4 is 21.3 Å². The first-order valence-corrected chi connectivity index (χ1v) is 57.2. The number of pyridine rings is 4. The van der Waals surface area contributed by atoms with E-state index >= 15 is 0 Å². The van der Waals surface area contributed by atoms with E-state index < -0.39 is 48.0 Å². The highest BCUT2D eigenvalue weighted by Crippen LogP contribution is 2.39. The highest BCUT2D eigenvalue weighted by molar-refractivity contribution is 5.84. The highest BCUT2D eigenvalue weighted by Gasteiger charge is 2.35. The van der Waals surface area contributed by atoms with Crippen molar-refractivity contribution in [1.29, 1.82) is 0 Å². The summed E-state index contributed by atoms with van der Waals surface area (Å²) in [5.41, 5.74) is 24.9. The van der Waals surface area contributed by atoms with Crippen LogP contribution in [0.3, 0.4) is 0 Å². The minimum Gasteiger partial charge on any atom is -0.480 e. The molecule has 19 rings (SSSR count). The molecule has 11 aliphatic carbocycles. The van der Waals surface area contributed by atoms with E-state index in [0.717, 1.165) is 135 Å². The zero-order valence-corrected chi connectivity index (χ0v) is 92.5. The zero-order chi connectivity index (χ0) is 108. The van der Waals surface area contributed by atoms with Gasteiger partial charge in [-0.05, 0) is 360 Å². The fraction of sp³-hybridized carbons (Fsp3) is 0.571. The number of hydrogen-bond acceptors (Lipinski definition) is 16. The summed E-state index contributed by atoms with van der Waals surface area (Å²) in [4.78, 5) is 108. The van der Waals surface area contributed by atoms with E-state index in [-0.39, 0.29) is 48.0 Å². The molecule has 4 fully saturated rings. The Morgan fingerprint density at radius 1 is 0.273 bits per heavy atom. The normalized spacial score (nSPS) is 19.5. The topological polar surface area (TPSA) is 354 Å². The summed E-state index contributed by atoms with van der Waals surface area (Å²) in [6, 6.07) is 52.4. The van der Waals surface area contributed by atoms with Gasteiger partial charge in [0.05, 0.1) is 24.4 Å². The zero-order valence-electron chi connectivity index (χ0n) is 92.5. The fourth-order valence-electron chi connectivity index (χ4n) is 20.9. The Balaban J connectivity index is 0.000000215. The van der Waals surface area contributed by atoms with Gasteiger partial charge in [0.2, 0.25) is 23.6 Å². The van der Waals surface area contributed by atoms with Gasteiger partial charge in [-0.15, -0.1) is 0 Å². The van der Waals surface area contributed by atoms with E-state index in [1.54, 1.807) is 22.3 Å². The van der Waals surface area contributed by atoms with Crippen molar-refractivity contribution < 1.29 is 77.7 Å². The van der Waals surface area contributed by atoms with Crippen LogP contribution in [0.1, 0.15) is 358 Å². The first kappa shape index (κ1) is 124. The third-order valence-corrected chi connectivity index (χ3v) is 29.3. The number of nitrogens with zero attached hydrogens (tertiary/aromatic N) is 4. The number of aliphatic carboxylic acids is 4. The number of rotatable bonds is 36. The summed E-state index contributed by atoms with van der Waals surface area (Å²) >= 11 is 0. The fourth-order valence-corrected chi connectivity index (χ4v) is 20.9. The molecule has 0 spiro atoms. The average molecular weight is 2060 g/mol. The molecule has 820 valence electrons. The molecule has 4 saturated carbocycles. The van der Waals surface area contributed by atoms with Crippen molar-refractivity contribution >= 4 is 53.6 Å². The average Bonchev–Trinajstić information content (AvgIpc) is 0.987. The molecule has 0 radical (unpaired) electrons. The quantitative estimate of drug-likeness (QED) is 0.0181. The smallest absolute Gasteiger partial charge is 0.326 e. The molecule has 4 atom stereocenters. The van der Waals surface area contributed by atoms with Crippen molar-refractivity contribution in [3.05, 3.63) is 265 Å². The molecule has 4 amide bonds. The lowest BCUT2D eigenvalue weighted by Gasteiger charge is -2.35. The molecule has 24 nitrogen and oxygen atoms in total. The second-order valence-electron chi connectivity index (χ2n) is 40.5. The Kier molecular flexibility index (Phi) is 58.6. The number of amides is 4. The predicted molar refractivity (Wildman–Crippen MR) is 599 cm³/mol. The summed E-state index contributed by atoms with van der Waals surface area (Å²) in [6.07, 6.45) is 53.2. The van der Waals surface area contributed by atoms with Crippen LogP contribution in [0.15, 0.2) is 164 Å². The van der Waals surface area contributed by atoms with Crippen LogP contribution in [0, 0.1) is 23.7 Å². The maximum atomic E-state index is 11.1. The lowest BCUT2D eigenvalue weighted by Crippen LogP contribution is -2.41. The van der Waals surface area contributed by atoms with Crippen molar-refractivity contribution in [3.63, 3.8) is 0 Å². The van der Waals surface area contributed by atoms with Crippen molar-refractivity contribution in [2.45, 2.75) is 414 Å². The van der Waals surface area contributed by atoms with E-state index in [9.17, 15) is 38.4 Å². The van der Waals surface area contributed by atoms with E-state index in [4.69, 9.17) is 59.3 Å². The Bertz CT molecular complexity index is 4790. The van der Waals surface area contributed by atoms with Gasteiger partial charge in [0, 0.05) is 125 Å². The molecule has 8 N–H and O–H groups in total. The number of nitrogens with one attached hydrogen (secondary N) is 4. The van der Waals surface area contributed by atoms with Crippen LogP contribution in [0.5, 0.6) is 0 Å². The van der Waals surface area contributed by atoms with Gasteiger partial charge in [-0.2, -0.15) is 0 Å². The highest BCUT2D eigenvalue weighted by atomic mass is 16.5. The van der Waals surface area contributed by atoms with Crippen molar-refractivity contribution in [2.24, 2.45) is 23.7 Å². The van der Waals surface area contributed by atoms with Crippen molar-refractivity contribution in [3.8, 4) is 0 Å². The Labute approximate surface area is 896 Å². The van der Waals surface area contributed by atoms with Gasteiger partial charge in [-0.3, -0.25) is 39.1 Å². The van der Waals surface area contributed by atoms with Crippen LogP contribution >= 0.6 is 0 Å². The van der Waals surface area contributed by atoms with Crippen LogP contribution in [0.2, 0.25) is 0 Å². The van der Waals surface area contributed by atoms with Crippen LogP contribution in [0.25, 0.3) is 6.08 Å². The predicted octanol–water partition coefficient (Wildman–Crippen LogP) is 23.5. The number of aryl methyl sites for hydroxylation is 16. The molecule has 8 aromatic rings. The van der Waals surface area contributed by atoms with Gasteiger partial charge >= 0.3 is 23.9 Å². The molecule has 4 heterocycles. The van der Waals surface area contributed by atoms with Gasteiger partial charge in [0.15, 0.2) is 0 Å². The number of carbonyl (C=O) groups is 8.